The summed E-state index contributed by atoms with van der Waals surface area (Å²) in [6.07, 6.45) is 6.13. The van der Waals surface area contributed by atoms with Crippen LogP contribution in [0.15, 0.2) is 42.9 Å². The van der Waals surface area contributed by atoms with Gasteiger partial charge in [0.05, 0.1) is 0 Å². The first-order chi connectivity index (χ1) is 10.2. The molecule has 1 amide bonds. The SMILES string of the molecule is CCCNc1cc(C(=O)N(C)Cc2ccncc2)ccn1. The Labute approximate surface area is 125 Å². The number of hydrogen-bond donors (Lipinski definition) is 1. The van der Waals surface area contributed by atoms with Crippen molar-refractivity contribution in [1.82, 2.24) is 14.9 Å². The van der Waals surface area contributed by atoms with Gasteiger partial charge in [-0.25, -0.2) is 4.98 Å². The van der Waals surface area contributed by atoms with Gasteiger partial charge in [-0.1, -0.05) is 6.92 Å². The van der Waals surface area contributed by atoms with E-state index in [0.717, 1.165) is 24.3 Å². The van der Waals surface area contributed by atoms with Gasteiger partial charge in [-0.05, 0) is 36.2 Å². The van der Waals surface area contributed by atoms with Crippen LogP contribution < -0.4 is 5.32 Å². The number of anilines is 1. The summed E-state index contributed by atoms with van der Waals surface area (Å²) in [6.45, 7) is 3.49. The van der Waals surface area contributed by atoms with Crippen molar-refractivity contribution in [2.75, 3.05) is 18.9 Å². The molecule has 0 bridgehead atoms. The van der Waals surface area contributed by atoms with Crippen LogP contribution in [-0.2, 0) is 6.54 Å². The van der Waals surface area contributed by atoms with Crippen LogP contribution in [-0.4, -0.2) is 34.4 Å². The first kappa shape index (κ1) is 15.0. The van der Waals surface area contributed by atoms with Gasteiger partial charge in [0, 0.05) is 44.3 Å². The average molecular weight is 284 g/mol. The molecule has 0 aliphatic carbocycles. The maximum Gasteiger partial charge on any atom is 0.254 e. The number of nitrogens with zero attached hydrogens (tertiary/aromatic N) is 3. The molecular weight excluding hydrogens is 264 g/mol. The maximum atomic E-state index is 12.4. The Bertz CT molecular complexity index is 586. The number of carbonyl (C=O) groups is 1. The minimum absolute atomic E-state index is 0.0197. The summed E-state index contributed by atoms with van der Waals surface area (Å²) < 4.78 is 0. The molecule has 0 fully saturated rings. The van der Waals surface area contributed by atoms with Crippen molar-refractivity contribution in [1.29, 1.82) is 0 Å². The monoisotopic (exact) mass is 284 g/mol. The molecule has 21 heavy (non-hydrogen) atoms. The molecule has 5 nitrogen and oxygen atoms in total. The molecule has 0 aromatic carbocycles. The predicted molar refractivity (Wildman–Crippen MR) is 83.1 cm³/mol. The zero-order valence-corrected chi connectivity index (χ0v) is 12.4. The highest BCUT2D eigenvalue weighted by atomic mass is 16.2. The van der Waals surface area contributed by atoms with Crippen molar-refractivity contribution in [3.63, 3.8) is 0 Å². The fraction of sp³-hybridized carbons (Fsp3) is 0.312. The predicted octanol–water partition coefficient (Wildman–Crippen LogP) is 2.57. The van der Waals surface area contributed by atoms with Crippen LogP contribution in [0.3, 0.4) is 0 Å². The molecule has 110 valence electrons. The molecule has 0 aliphatic rings. The molecule has 0 aliphatic heterocycles. The Morgan fingerprint density at radius 3 is 2.71 bits per heavy atom. The van der Waals surface area contributed by atoms with Crippen LogP contribution in [0.25, 0.3) is 0 Å². The molecule has 2 heterocycles. The molecule has 0 saturated heterocycles. The van der Waals surface area contributed by atoms with E-state index in [9.17, 15) is 4.79 Å². The third-order valence-electron chi connectivity index (χ3n) is 3.08. The topological polar surface area (TPSA) is 58.1 Å². The van der Waals surface area contributed by atoms with E-state index in [4.69, 9.17) is 0 Å². The largest absolute Gasteiger partial charge is 0.370 e. The van der Waals surface area contributed by atoms with E-state index in [1.165, 1.54) is 0 Å². The number of aromatic nitrogens is 2. The van der Waals surface area contributed by atoms with E-state index in [2.05, 4.69) is 22.2 Å². The van der Waals surface area contributed by atoms with Crippen LogP contribution in [0.2, 0.25) is 0 Å². The van der Waals surface area contributed by atoms with E-state index in [1.807, 2.05) is 12.1 Å². The summed E-state index contributed by atoms with van der Waals surface area (Å²) in [4.78, 5) is 22.3. The summed E-state index contributed by atoms with van der Waals surface area (Å²) in [5, 5.41) is 3.19. The van der Waals surface area contributed by atoms with Crippen LogP contribution in [0.1, 0.15) is 29.3 Å². The number of carbonyl (C=O) groups excluding carboxylic acids is 1. The number of hydrogen-bond acceptors (Lipinski definition) is 4. The lowest BCUT2D eigenvalue weighted by molar-refractivity contribution is 0.0785. The highest BCUT2D eigenvalue weighted by Crippen LogP contribution is 2.11. The number of rotatable bonds is 6. The van der Waals surface area contributed by atoms with Crippen LogP contribution >= 0.6 is 0 Å². The van der Waals surface area contributed by atoms with Gasteiger partial charge in [-0.2, -0.15) is 0 Å². The Hall–Kier alpha value is -2.43. The van der Waals surface area contributed by atoms with E-state index >= 15 is 0 Å². The highest BCUT2D eigenvalue weighted by molar-refractivity contribution is 5.94. The van der Waals surface area contributed by atoms with E-state index in [0.29, 0.717) is 12.1 Å². The van der Waals surface area contributed by atoms with Crippen molar-refractivity contribution < 1.29 is 4.79 Å². The number of amides is 1. The van der Waals surface area contributed by atoms with E-state index in [1.54, 1.807) is 42.7 Å². The zero-order chi connectivity index (χ0) is 15.1. The molecule has 0 unspecified atom stereocenters. The second-order valence-corrected chi connectivity index (χ2v) is 4.87. The Kier molecular flexibility index (Phi) is 5.26. The summed E-state index contributed by atoms with van der Waals surface area (Å²) in [6, 6.07) is 7.35. The smallest absolute Gasteiger partial charge is 0.254 e. The number of pyridine rings is 2. The normalized spacial score (nSPS) is 10.2. The average Bonchev–Trinajstić information content (AvgIpc) is 2.53. The maximum absolute atomic E-state index is 12.4. The van der Waals surface area contributed by atoms with E-state index < -0.39 is 0 Å². The third kappa shape index (κ3) is 4.27. The summed E-state index contributed by atoms with van der Waals surface area (Å²) in [5.41, 5.74) is 1.69. The molecular formula is C16H20N4O. The lowest BCUT2D eigenvalue weighted by Gasteiger charge is -2.17. The quantitative estimate of drug-likeness (QED) is 0.885. The first-order valence-corrected chi connectivity index (χ1v) is 7.05. The van der Waals surface area contributed by atoms with Crippen molar-refractivity contribution in [3.05, 3.63) is 54.0 Å². The standard InChI is InChI=1S/C16H20N4O/c1-3-7-18-15-11-14(6-10-19-15)16(21)20(2)12-13-4-8-17-9-5-13/h4-6,8-11H,3,7,12H2,1-2H3,(H,18,19). The molecule has 0 radical (unpaired) electrons. The molecule has 2 rings (SSSR count). The summed E-state index contributed by atoms with van der Waals surface area (Å²) in [7, 11) is 1.79. The van der Waals surface area contributed by atoms with Gasteiger partial charge in [-0.15, -0.1) is 0 Å². The summed E-state index contributed by atoms with van der Waals surface area (Å²) >= 11 is 0. The van der Waals surface area contributed by atoms with Crippen molar-refractivity contribution in [2.45, 2.75) is 19.9 Å². The van der Waals surface area contributed by atoms with Crippen LogP contribution in [0.5, 0.6) is 0 Å². The lowest BCUT2D eigenvalue weighted by Crippen LogP contribution is -2.26. The lowest BCUT2D eigenvalue weighted by atomic mass is 10.2. The fourth-order valence-corrected chi connectivity index (χ4v) is 1.97. The molecule has 0 saturated carbocycles. The van der Waals surface area contributed by atoms with Gasteiger partial charge in [0.25, 0.3) is 5.91 Å². The van der Waals surface area contributed by atoms with Crippen molar-refractivity contribution in [3.8, 4) is 0 Å². The van der Waals surface area contributed by atoms with Gasteiger partial charge in [0.1, 0.15) is 5.82 Å². The Morgan fingerprint density at radius 1 is 1.24 bits per heavy atom. The van der Waals surface area contributed by atoms with Gasteiger partial charge in [-0.3, -0.25) is 9.78 Å². The van der Waals surface area contributed by atoms with Crippen LogP contribution in [0.4, 0.5) is 5.82 Å². The molecule has 5 heteroatoms. The van der Waals surface area contributed by atoms with E-state index in [-0.39, 0.29) is 5.91 Å². The first-order valence-electron chi connectivity index (χ1n) is 7.05. The minimum atomic E-state index is -0.0197. The van der Waals surface area contributed by atoms with Crippen LogP contribution in [0, 0.1) is 0 Å². The van der Waals surface area contributed by atoms with Crippen molar-refractivity contribution in [2.24, 2.45) is 0 Å². The molecule has 0 spiro atoms. The summed E-state index contributed by atoms with van der Waals surface area (Å²) in [5.74, 6) is 0.716. The zero-order valence-electron chi connectivity index (χ0n) is 12.4. The molecule has 2 aromatic heterocycles. The van der Waals surface area contributed by atoms with Gasteiger partial charge < -0.3 is 10.2 Å². The minimum Gasteiger partial charge on any atom is -0.370 e. The number of nitrogens with one attached hydrogen (secondary N) is 1. The second kappa shape index (κ2) is 7.38. The molecule has 0 atom stereocenters. The van der Waals surface area contributed by atoms with Crippen molar-refractivity contribution >= 4 is 11.7 Å². The van der Waals surface area contributed by atoms with Gasteiger partial charge in [0.2, 0.25) is 0 Å². The molecule has 1 N–H and O–H groups in total. The van der Waals surface area contributed by atoms with Gasteiger partial charge in [0.15, 0.2) is 0 Å². The Balaban J connectivity index is 2.05. The van der Waals surface area contributed by atoms with Gasteiger partial charge >= 0.3 is 0 Å². The highest BCUT2D eigenvalue weighted by Gasteiger charge is 2.12. The third-order valence-corrected chi connectivity index (χ3v) is 3.08. The fourth-order valence-electron chi connectivity index (χ4n) is 1.97. The second-order valence-electron chi connectivity index (χ2n) is 4.87. The molecule has 2 aromatic rings. The Morgan fingerprint density at radius 2 is 2.00 bits per heavy atom.